The second-order valence-corrected chi connectivity index (χ2v) is 5.69. The second kappa shape index (κ2) is 8.58. The molecule has 0 fully saturated rings. The van der Waals surface area contributed by atoms with Crippen LogP contribution in [0.1, 0.15) is 23.7 Å². The first kappa shape index (κ1) is 20.3. The molecule has 10 heteroatoms. The maximum absolute atomic E-state index is 14.1. The highest BCUT2D eigenvalue weighted by atomic mass is 19.1. The van der Waals surface area contributed by atoms with Gasteiger partial charge in [0, 0.05) is 20.2 Å². The summed E-state index contributed by atoms with van der Waals surface area (Å²) >= 11 is 0. The molecule has 0 aliphatic carbocycles. The summed E-state index contributed by atoms with van der Waals surface area (Å²) in [4.78, 5) is 40.1. The predicted molar refractivity (Wildman–Crippen MR) is 95.9 cm³/mol. The molecule has 0 bridgehead atoms. The number of carbonyl (C=O) groups excluding carboxylic acids is 1. The van der Waals surface area contributed by atoms with E-state index >= 15 is 0 Å². The summed E-state index contributed by atoms with van der Waals surface area (Å²) in [5, 5.41) is 0. The maximum Gasteiger partial charge on any atom is 0.330 e. The van der Waals surface area contributed by atoms with Crippen LogP contribution in [0.3, 0.4) is 0 Å². The lowest BCUT2D eigenvalue weighted by atomic mass is 10.1. The van der Waals surface area contributed by atoms with Gasteiger partial charge in [0.15, 0.2) is 5.69 Å². The van der Waals surface area contributed by atoms with Crippen LogP contribution in [-0.2, 0) is 11.3 Å². The number of hydrogen-bond donors (Lipinski definition) is 2. The average Bonchev–Trinajstić information content (AvgIpc) is 2.61. The third-order valence-corrected chi connectivity index (χ3v) is 3.87. The van der Waals surface area contributed by atoms with E-state index in [4.69, 9.17) is 10.5 Å². The molecule has 0 aliphatic heterocycles. The van der Waals surface area contributed by atoms with Gasteiger partial charge in [-0.2, -0.15) is 0 Å². The Morgan fingerprint density at radius 1 is 1.30 bits per heavy atom. The van der Waals surface area contributed by atoms with Gasteiger partial charge in [-0.1, -0.05) is 13.0 Å². The Kier molecular flexibility index (Phi) is 6.45. The van der Waals surface area contributed by atoms with Crippen molar-refractivity contribution in [3.05, 3.63) is 56.2 Å². The molecule has 1 aromatic heterocycles. The number of ether oxygens (including phenoxy) is 1. The first-order chi connectivity index (χ1) is 12.8. The van der Waals surface area contributed by atoms with Crippen LogP contribution in [0.5, 0.6) is 0 Å². The molecule has 0 spiro atoms. The van der Waals surface area contributed by atoms with Gasteiger partial charge in [0.25, 0.3) is 11.5 Å². The molecule has 0 saturated heterocycles. The van der Waals surface area contributed by atoms with Crippen LogP contribution in [-0.4, -0.2) is 35.7 Å². The summed E-state index contributed by atoms with van der Waals surface area (Å²) in [7, 11) is 1.36. The quantitative estimate of drug-likeness (QED) is 0.745. The average molecular weight is 382 g/mol. The lowest BCUT2D eigenvalue weighted by Crippen LogP contribution is -2.43. The monoisotopic (exact) mass is 382 g/mol. The largest absolute Gasteiger partial charge is 0.383 e. The van der Waals surface area contributed by atoms with Gasteiger partial charge in [0.2, 0.25) is 0 Å². The zero-order chi connectivity index (χ0) is 20.1. The Morgan fingerprint density at radius 2 is 1.93 bits per heavy atom. The number of aromatic amines is 1. The molecule has 0 aliphatic rings. The van der Waals surface area contributed by atoms with Gasteiger partial charge in [-0.25, -0.2) is 13.6 Å². The van der Waals surface area contributed by atoms with Gasteiger partial charge in [0.1, 0.15) is 23.0 Å². The van der Waals surface area contributed by atoms with Crippen LogP contribution in [0, 0.1) is 11.6 Å². The van der Waals surface area contributed by atoms with Crippen molar-refractivity contribution in [2.75, 3.05) is 30.9 Å². The highest BCUT2D eigenvalue weighted by molar-refractivity contribution is 6.07. The molecule has 1 aromatic carbocycles. The second-order valence-electron chi connectivity index (χ2n) is 5.69. The van der Waals surface area contributed by atoms with Gasteiger partial charge in [-0.15, -0.1) is 0 Å². The fourth-order valence-corrected chi connectivity index (χ4v) is 2.62. The number of hydrogen-bond acceptors (Lipinski definition) is 5. The number of rotatable bonds is 7. The van der Waals surface area contributed by atoms with E-state index in [0.717, 1.165) is 27.7 Å². The number of aromatic nitrogens is 2. The van der Waals surface area contributed by atoms with E-state index in [0.29, 0.717) is 6.42 Å². The number of carbonyl (C=O) groups is 1. The minimum atomic E-state index is -1.11. The molecule has 0 saturated carbocycles. The zero-order valence-electron chi connectivity index (χ0n) is 14.9. The van der Waals surface area contributed by atoms with Crippen molar-refractivity contribution in [1.29, 1.82) is 0 Å². The van der Waals surface area contributed by atoms with Crippen molar-refractivity contribution >= 4 is 17.4 Å². The Labute approximate surface area is 153 Å². The molecule has 2 aromatic rings. The maximum atomic E-state index is 14.1. The molecular formula is C17H20F2N4O4. The molecule has 2 rings (SSSR count). The van der Waals surface area contributed by atoms with Crippen LogP contribution in [0.2, 0.25) is 0 Å². The number of halogens is 2. The van der Waals surface area contributed by atoms with E-state index in [1.165, 1.54) is 7.11 Å². The zero-order valence-corrected chi connectivity index (χ0v) is 14.9. The smallest absolute Gasteiger partial charge is 0.330 e. The summed E-state index contributed by atoms with van der Waals surface area (Å²) in [5.74, 6) is -3.55. The Bertz CT molecular complexity index is 935. The van der Waals surface area contributed by atoms with Crippen LogP contribution in [0.4, 0.5) is 20.3 Å². The van der Waals surface area contributed by atoms with Gasteiger partial charge in [-0.05, 0) is 18.6 Å². The minimum absolute atomic E-state index is 0.0341. The highest BCUT2D eigenvalue weighted by Gasteiger charge is 2.28. The SMILES string of the molecule is CCCn1c(N)c(N(CCOC)C(=O)c2c(F)cccc2F)c(=O)[nH]c1=O. The fourth-order valence-electron chi connectivity index (χ4n) is 2.62. The molecular weight excluding hydrogens is 362 g/mol. The molecule has 1 amide bonds. The first-order valence-corrected chi connectivity index (χ1v) is 8.20. The summed E-state index contributed by atoms with van der Waals surface area (Å²) in [6.45, 7) is 1.74. The van der Waals surface area contributed by atoms with E-state index in [2.05, 4.69) is 4.98 Å². The third kappa shape index (κ3) is 4.05. The van der Waals surface area contributed by atoms with Crippen molar-refractivity contribution in [3.63, 3.8) is 0 Å². The normalized spacial score (nSPS) is 10.8. The topological polar surface area (TPSA) is 110 Å². The predicted octanol–water partition coefficient (Wildman–Crippen LogP) is 1.10. The van der Waals surface area contributed by atoms with Crippen LogP contribution >= 0.6 is 0 Å². The number of nitrogens with zero attached hydrogens (tertiary/aromatic N) is 2. The molecule has 3 N–H and O–H groups in total. The molecule has 0 radical (unpaired) electrons. The van der Waals surface area contributed by atoms with Crippen molar-refractivity contribution in [3.8, 4) is 0 Å². The third-order valence-electron chi connectivity index (χ3n) is 3.87. The molecule has 0 unspecified atom stereocenters. The van der Waals surface area contributed by atoms with E-state index in [1.54, 1.807) is 6.92 Å². The van der Waals surface area contributed by atoms with Gasteiger partial charge in [0.05, 0.1) is 6.61 Å². The van der Waals surface area contributed by atoms with Crippen molar-refractivity contribution in [1.82, 2.24) is 9.55 Å². The Hall–Kier alpha value is -3.01. The highest BCUT2D eigenvalue weighted by Crippen LogP contribution is 2.22. The summed E-state index contributed by atoms with van der Waals surface area (Å²) in [5.41, 5.74) is 3.08. The molecule has 27 heavy (non-hydrogen) atoms. The molecule has 146 valence electrons. The number of anilines is 2. The number of benzene rings is 1. The number of H-pyrrole nitrogens is 1. The van der Waals surface area contributed by atoms with E-state index in [1.807, 2.05) is 0 Å². The summed E-state index contributed by atoms with van der Waals surface area (Å²) in [6, 6.07) is 2.97. The van der Waals surface area contributed by atoms with Crippen LogP contribution in [0.25, 0.3) is 0 Å². The van der Waals surface area contributed by atoms with Crippen LogP contribution < -0.4 is 21.9 Å². The Morgan fingerprint density at radius 3 is 2.48 bits per heavy atom. The number of methoxy groups -OCH3 is 1. The van der Waals surface area contributed by atoms with Gasteiger partial charge < -0.3 is 10.5 Å². The lowest BCUT2D eigenvalue weighted by molar-refractivity contribution is 0.0967. The number of nitrogens with two attached hydrogens (primary N) is 1. The molecule has 0 atom stereocenters. The summed E-state index contributed by atoms with van der Waals surface area (Å²) in [6.07, 6.45) is 0.531. The number of nitrogen functional groups attached to an aromatic ring is 1. The van der Waals surface area contributed by atoms with E-state index < -0.39 is 34.4 Å². The van der Waals surface area contributed by atoms with Crippen molar-refractivity contribution in [2.24, 2.45) is 0 Å². The minimum Gasteiger partial charge on any atom is -0.383 e. The lowest BCUT2D eigenvalue weighted by Gasteiger charge is -2.24. The van der Waals surface area contributed by atoms with Crippen molar-refractivity contribution in [2.45, 2.75) is 19.9 Å². The van der Waals surface area contributed by atoms with Crippen molar-refractivity contribution < 1.29 is 18.3 Å². The summed E-state index contributed by atoms with van der Waals surface area (Å²) < 4.78 is 34.1. The molecule has 8 nitrogen and oxygen atoms in total. The van der Waals surface area contributed by atoms with Gasteiger partial charge in [-0.3, -0.25) is 24.0 Å². The standard InChI is InChI=1S/C17H20F2N4O4/c1-3-7-23-14(20)13(15(24)21-17(23)26)22(8-9-27-2)16(25)12-10(18)5-4-6-11(12)19/h4-6H,3,7-9,20H2,1-2H3,(H,21,24,26). The van der Waals surface area contributed by atoms with E-state index in [9.17, 15) is 23.2 Å². The van der Waals surface area contributed by atoms with E-state index in [-0.39, 0.29) is 31.2 Å². The number of nitrogens with one attached hydrogen (secondary N) is 1. The molecule has 1 heterocycles. The first-order valence-electron chi connectivity index (χ1n) is 8.20. The Balaban J connectivity index is 2.68. The number of amides is 1. The fraction of sp³-hybridized carbons (Fsp3) is 0.353. The van der Waals surface area contributed by atoms with Gasteiger partial charge >= 0.3 is 5.69 Å². The van der Waals surface area contributed by atoms with Crippen LogP contribution in [0.15, 0.2) is 27.8 Å².